The van der Waals surface area contributed by atoms with Crippen molar-refractivity contribution in [3.63, 3.8) is 0 Å². The second kappa shape index (κ2) is 4.68. The molecule has 0 saturated carbocycles. The Kier molecular flexibility index (Phi) is 3.55. The summed E-state index contributed by atoms with van der Waals surface area (Å²) in [6.45, 7) is 4.10. The van der Waals surface area contributed by atoms with Crippen LogP contribution in [0.5, 0.6) is 0 Å². The minimum absolute atomic E-state index is 0.142. The number of carboxylic acid groups (broad SMARTS) is 1. The van der Waals surface area contributed by atoms with Crippen molar-refractivity contribution in [2.75, 3.05) is 11.1 Å². The van der Waals surface area contributed by atoms with Crippen molar-refractivity contribution >= 4 is 17.3 Å². The van der Waals surface area contributed by atoms with E-state index in [4.69, 9.17) is 10.8 Å². The van der Waals surface area contributed by atoms with Crippen LogP contribution >= 0.6 is 0 Å². The van der Waals surface area contributed by atoms with Crippen LogP contribution in [0.1, 0.15) is 30.6 Å². The molecule has 0 aliphatic rings. The van der Waals surface area contributed by atoms with Gasteiger partial charge < -0.3 is 16.2 Å². The molecule has 4 nitrogen and oxygen atoms in total. The molecule has 0 aliphatic carbocycles. The Bertz CT molecular complexity index is 364. The fourth-order valence-corrected chi connectivity index (χ4v) is 1.22. The van der Waals surface area contributed by atoms with Crippen LogP contribution in [-0.4, -0.2) is 17.1 Å². The molecule has 0 spiro atoms. The van der Waals surface area contributed by atoms with Crippen LogP contribution in [0.2, 0.25) is 0 Å². The number of nitrogen functional groups attached to an aromatic ring is 1. The van der Waals surface area contributed by atoms with Crippen molar-refractivity contribution in [1.82, 2.24) is 0 Å². The third-order valence-corrected chi connectivity index (χ3v) is 2.31. The molecule has 1 aromatic rings. The maximum absolute atomic E-state index is 10.8. The molecule has 0 aromatic heterocycles. The summed E-state index contributed by atoms with van der Waals surface area (Å²) in [5, 5.41) is 12.1. The molecule has 82 valence electrons. The van der Waals surface area contributed by atoms with E-state index in [0.29, 0.717) is 6.04 Å². The van der Waals surface area contributed by atoms with Gasteiger partial charge in [-0.25, -0.2) is 4.79 Å². The van der Waals surface area contributed by atoms with Crippen LogP contribution in [0.3, 0.4) is 0 Å². The zero-order valence-corrected chi connectivity index (χ0v) is 8.95. The van der Waals surface area contributed by atoms with Gasteiger partial charge in [0.1, 0.15) is 0 Å². The summed E-state index contributed by atoms with van der Waals surface area (Å²) in [6, 6.07) is 5.27. The fraction of sp³-hybridized carbons (Fsp3) is 0.364. The SMILES string of the molecule is CCC(C)Nc1ccc(N)c(C(=O)O)c1. The first-order valence-corrected chi connectivity index (χ1v) is 4.94. The summed E-state index contributed by atoms with van der Waals surface area (Å²) in [6.07, 6.45) is 0.979. The van der Waals surface area contributed by atoms with Crippen LogP contribution in [0.4, 0.5) is 11.4 Å². The molecule has 1 rings (SSSR count). The van der Waals surface area contributed by atoms with Gasteiger partial charge in [0.2, 0.25) is 0 Å². The Morgan fingerprint density at radius 3 is 2.80 bits per heavy atom. The van der Waals surface area contributed by atoms with Crippen molar-refractivity contribution in [2.24, 2.45) is 0 Å². The maximum atomic E-state index is 10.8. The molecule has 0 fully saturated rings. The molecule has 1 atom stereocenters. The molecule has 4 heteroatoms. The van der Waals surface area contributed by atoms with Gasteiger partial charge in [-0.1, -0.05) is 6.92 Å². The molecule has 1 aromatic carbocycles. The molecule has 15 heavy (non-hydrogen) atoms. The zero-order chi connectivity index (χ0) is 11.4. The highest BCUT2D eigenvalue weighted by atomic mass is 16.4. The van der Waals surface area contributed by atoms with Crippen molar-refractivity contribution in [3.05, 3.63) is 23.8 Å². The van der Waals surface area contributed by atoms with Gasteiger partial charge in [-0.05, 0) is 31.5 Å². The Labute approximate surface area is 89.1 Å². The third-order valence-electron chi connectivity index (χ3n) is 2.31. The Morgan fingerprint density at radius 1 is 1.60 bits per heavy atom. The highest BCUT2D eigenvalue weighted by Gasteiger charge is 2.09. The number of carboxylic acids is 1. The first kappa shape index (κ1) is 11.4. The van der Waals surface area contributed by atoms with Crippen LogP contribution < -0.4 is 11.1 Å². The molecule has 0 heterocycles. The van der Waals surface area contributed by atoms with Gasteiger partial charge >= 0.3 is 5.97 Å². The highest BCUT2D eigenvalue weighted by Crippen LogP contribution is 2.18. The van der Waals surface area contributed by atoms with Gasteiger partial charge in [0.15, 0.2) is 0 Å². The van der Waals surface area contributed by atoms with Crippen LogP contribution in [-0.2, 0) is 0 Å². The summed E-state index contributed by atoms with van der Waals surface area (Å²) < 4.78 is 0. The van der Waals surface area contributed by atoms with Crippen molar-refractivity contribution in [3.8, 4) is 0 Å². The van der Waals surface area contributed by atoms with E-state index in [9.17, 15) is 4.79 Å². The van der Waals surface area contributed by atoms with E-state index < -0.39 is 5.97 Å². The molecular formula is C11H16N2O2. The van der Waals surface area contributed by atoms with Crippen molar-refractivity contribution in [2.45, 2.75) is 26.3 Å². The van der Waals surface area contributed by atoms with E-state index in [1.165, 1.54) is 0 Å². The third kappa shape index (κ3) is 2.87. The van der Waals surface area contributed by atoms with E-state index in [0.717, 1.165) is 12.1 Å². The second-order valence-corrected chi connectivity index (χ2v) is 3.56. The highest BCUT2D eigenvalue weighted by molar-refractivity contribution is 5.94. The van der Waals surface area contributed by atoms with Gasteiger partial charge in [0.25, 0.3) is 0 Å². The normalized spacial score (nSPS) is 12.1. The minimum atomic E-state index is -1.000. The quantitative estimate of drug-likeness (QED) is 0.663. The first-order chi connectivity index (χ1) is 7.04. The smallest absolute Gasteiger partial charge is 0.337 e. The zero-order valence-electron chi connectivity index (χ0n) is 8.95. The van der Waals surface area contributed by atoms with Gasteiger partial charge in [-0.2, -0.15) is 0 Å². The molecule has 0 amide bonds. The second-order valence-electron chi connectivity index (χ2n) is 3.56. The van der Waals surface area contributed by atoms with E-state index >= 15 is 0 Å². The van der Waals surface area contributed by atoms with Gasteiger partial charge in [0, 0.05) is 17.4 Å². The predicted molar refractivity (Wildman–Crippen MR) is 61.2 cm³/mol. The maximum Gasteiger partial charge on any atom is 0.337 e. The number of hydrogen-bond donors (Lipinski definition) is 3. The first-order valence-electron chi connectivity index (χ1n) is 4.94. The van der Waals surface area contributed by atoms with Gasteiger partial charge in [-0.15, -0.1) is 0 Å². The Hall–Kier alpha value is -1.71. The Balaban J connectivity index is 2.92. The molecule has 0 aliphatic heterocycles. The summed E-state index contributed by atoms with van der Waals surface area (Å²) in [4.78, 5) is 10.8. The molecule has 0 saturated heterocycles. The molecule has 0 radical (unpaired) electrons. The summed E-state index contributed by atoms with van der Waals surface area (Å²) >= 11 is 0. The van der Waals surface area contributed by atoms with Crippen LogP contribution in [0, 0.1) is 0 Å². The Morgan fingerprint density at radius 2 is 2.27 bits per heavy atom. The minimum Gasteiger partial charge on any atom is -0.478 e. The largest absolute Gasteiger partial charge is 0.478 e. The lowest BCUT2D eigenvalue weighted by Gasteiger charge is -2.13. The topological polar surface area (TPSA) is 75.3 Å². The average Bonchev–Trinajstić information content (AvgIpc) is 2.20. The van der Waals surface area contributed by atoms with Crippen molar-refractivity contribution < 1.29 is 9.90 Å². The lowest BCUT2D eigenvalue weighted by atomic mass is 10.1. The van der Waals surface area contributed by atoms with E-state index in [1.54, 1.807) is 18.2 Å². The number of hydrogen-bond acceptors (Lipinski definition) is 3. The van der Waals surface area contributed by atoms with E-state index in [1.807, 2.05) is 6.92 Å². The standard InChI is InChI=1S/C11H16N2O2/c1-3-7(2)13-8-4-5-10(12)9(6-8)11(14)15/h4-7,13H,3,12H2,1-2H3,(H,14,15). The molecule has 4 N–H and O–H groups in total. The summed E-state index contributed by atoms with van der Waals surface area (Å²) in [5.74, 6) is -1.000. The summed E-state index contributed by atoms with van der Waals surface area (Å²) in [7, 11) is 0. The van der Waals surface area contributed by atoms with Gasteiger partial charge in [0.05, 0.1) is 5.56 Å². The fourth-order valence-electron chi connectivity index (χ4n) is 1.22. The monoisotopic (exact) mass is 208 g/mol. The number of nitrogens with two attached hydrogens (primary N) is 1. The number of benzene rings is 1. The predicted octanol–water partition coefficient (Wildman–Crippen LogP) is 2.18. The summed E-state index contributed by atoms with van der Waals surface area (Å²) in [5.41, 5.74) is 6.76. The number of anilines is 2. The molecule has 1 unspecified atom stereocenters. The lowest BCUT2D eigenvalue weighted by Crippen LogP contribution is -2.14. The van der Waals surface area contributed by atoms with E-state index in [2.05, 4.69) is 12.2 Å². The molecular weight excluding hydrogens is 192 g/mol. The number of aromatic carboxylic acids is 1. The number of carbonyl (C=O) groups is 1. The molecule has 0 bridgehead atoms. The number of nitrogens with one attached hydrogen (secondary N) is 1. The van der Waals surface area contributed by atoms with Gasteiger partial charge in [-0.3, -0.25) is 0 Å². The van der Waals surface area contributed by atoms with Crippen LogP contribution in [0.25, 0.3) is 0 Å². The number of rotatable bonds is 4. The van der Waals surface area contributed by atoms with Crippen molar-refractivity contribution in [1.29, 1.82) is 0 Å². The average molecular weight is 208 g/mol. The lowest BCUT2D eigenvalue weighted by molar-refractivity contribution is 0.0698. The van der Waals surface area contributed by atoms with E-state index in [-0.39, 0.29) is 11.3 Å². The van der Waals surface area contributed by atoms with Crippen LogP contribution in [0.15, 0.2) is 18.2 Å².